The Kier molecular flexibility index (Phi) is 6.40. The van der Waals surface area contributed by atoms with E-state index >= 15 is 0 Å². The van der Waals surface area contributed by atoms with Gasteiger partial charge in [0.2, 0.25) is 0 Å². The molecule has 1 unspecified atom stereocenters. The van der Waals surface area contributed by atoms with E-state index in [1.165, 1.54) is 0 Å². The Morgan fingerprint density at radius 1 is 1.29 bits per heavy atom. The molecule has 2 N–H and O–H groups in total. The van der Waals surface area contributed by atoms with Crippen LogP contribution < -0.4 is 10.0 Å². The van der Waals surface area contributed by atoms with E-state index < -0.39 is 10.2 Å². The van der Waals surface area contributed by atoms with E-state index in [0.717, 1.165) is 38.8 Å². The van der Waals surface area contributed by atoms with Gasteiger partial charge in [-0.2, -0.15) is 12.7 Å². The molecule has 1 rings (SSSR count). The number of hydrogen-bond donors (Lipinski definition) is 2. The summed E-state index contributed by atoms with van der Waals surface area (Å²) in [6.07, 6.45) is 4.12. The first-order valence-corrected chi connectivity index (χ1v) is 8.03. The molecular formula is C11H25N3O2S. The maximum absolute atomic E-state index is 12.0. The monoisotopic (exact) mass is 263 g/mol. The van der Waals surface area contributed by atoms with Crippen molar-refractivity contribution in [2.75, 3.05) is 26.2 Å². The summed E-state index contributed by atoms with van der Waals surface area (Å²) in [6.45, 7) is 6.73. The maximum Gasteiger partial charge on any atom is 0.279 e. The average Bonchev–Trinajstić information content (AvgIpc) is 2.30. The third kappa shape index (κ3) is 4.54. The molecule has 1 heterocycles. The third-order valence-corrected chi connectivity index (χ3v) is 4.77. The summed E-state index contributed by atoms with van der Waals surface area (Å²) in [4.78, 5) is 0. The largest absolute Gasteiger partial charge is 0.315 e. The number of nitrogens with zero attached hydrogens (tertiary/aromatic N) is 1. The Bertz CT molecular complexity index is 306. The van der Waals surface area contributed by atoms with Crippen molar-refractivity contribution < 1.29 is 8.42 Å². The van der Waals surface area contributed by atoms with Crippen molar-refractivity contribution in [2.24, 2.45) is 0 Å². The average molecular weight is 263 g/mol. The maximum atomic E-state index is 12.0. The molecule has 0 aromatic rings. The molecule has 1 aliphatic rings. The molecule has 0 saturated carbocycles. The van der Waals surface area contributed by atoms with Crippen LogP contribution in [0, 0.1) is 0 Å². The highest BCUT2D eigenvalue weighted by Gasteiger charge is 2.31. The van der Waals surface area contributed by atoms with Crippen molar-refractivity contribution in [3.63, 3.8) is 0 Å². The van der Waals surface area contributed by atoms with Crippen LogP contribution in [0.2, 0.25) is 0 Å². The second kappa shape index (κ2) is 7.31. The molecule has 6 heteroatoms. The lowest BCUT2D eigenvalue weighted by atomic mass is 10.1. The summed E-state index contributed by atoms with van der Waals surface area (Å²) in [6, 6.07) is 0.111. The minimum atomic E-state index is -3.28. The molecule has 0 radical (unpaired) electrons. The van der Waals surface area contributed by atoms with E-state index in [4.69, 9.17) is 0 Å². The molecule has 0 bridgehead atoms. The van der Waals surface area contributed by atoms with Crippen LogP contribution in [0.25, 0.3) is 0 Å². The van der Waals surface area contributed by atoms with Gasteiger partial charge in [0, 0.05) is 25.7 Å². The summed E-state index contributed by atoms with van der Waals surface area (Å²) in [5, 5.41) is 3.32. The van der Waals surface area contributed by atoms with Gasteiger partial charge in [-0.3, -0.25) is 0 Å². The van der Waals surface area contributed by atoms with E-state index in [1.54, 1.807) is 4.31 Å². The first-order chi connectivity index (χ1) is 8.11. The lowest BCUT2D eigenvalue weighted by Crippen LogP contribution is -2.52. The molecule has 1 aliphatic heterocycles. The van der Waals surface area contributed by atoms with Crippen LogP contribution in [0.3, 0.4) is 0 Å². The van der Waals surface area contributed by atoms with Crippen molar-refractivity contribution in [1.29, 1.82) is 0 Å². The molecule has 5 nitrogen and oxygen atoms in total. The fraction of sp³-hybridized carbons (Fsp3) is 1.00. The van der Waals surface area contributed by atoms with Crippen LogP contribution in [0.1, 0.15) is 39.5 Å². The molecule has 1 fully saturated rings. The predicted octanol–water partition coefficient (Wildman–Crippen LogP) is 0.695. The van der Waals surface area contributed by atoms with E-state index in [1.807, 2.05) is 6.92 Å². The van der Waals surface area contributed by atoms with Crippen LogP contribution >= 0.6 is 0 Å². The fourth-order valence-corrected chi connectivity index (χ4v) is 3.68. The summed E-state index contributed by atoms with van der Waals surface area (Å²) < 4.78 is 28.2. The Labute approximate surface area is 105 Å². The van der Waals surface area contributed by atoms with Gasteiger partial charge in [-0.25, -0.2) is 4.72 Å². The van der Waals surface area contributed by atoms with Crippen LogP contribution in [0.4, 0.5) is 0 Å². The summed E-state index contributed by atoms with van der Waals surface area (Å²) >= 11 is 0. The van der Waals surface area contributed by atoms with Gasteiger partial charge in [0.25, 0.3) is 10.2 Å². The molecular weight excluding hydrogens is 238 g/mol. The molecule has 0 aromatic carbocycles. The molecule has 0 aliphatic carbocycles. The van der Waals surface area contributed by atoms with Crippen molar-refractivity contribution in [2.45, 2.75) is 45.6 Å². The molecule has 102 valence electrons. The molecule has 1 atom stereocenters. The third-order valence-electron chi connectivity index (χ3n) is 3.02. The number of piperidine rings is 1. The van der Waals surface area contributed by atoms with Crippen LogP contribution in [-0.2, 0) is 10.2 Å². The van der Waals surface area contributed by atoms with Gasteiger partial charge in [0.15, 0.2) is 0 Å². The van der Waals surface area contributed by atoms with Crippen LogP contribution in [0.5, 0.6) is 0 Å². The van der Waals surface area contributed by atoms with Gasteiger partial charge >= 0.3 is 0 Å². The second-order valence-corrected chi connectivity index (χ2v) is 6.18. The van der Waals surface area contributed by atoms with Crippen molar-refractivity contribution in [3.8, 4) is 0 Å². The lowest BCUT2D eigenvalue weighted by Gasteiger charge is -2.34. The Balaban J connectivity index is 2.59. The molecule has 0 spiro atoms. The first kappa shape index (κ1) is 14.9. The van der Waals surface area contributed by atoms with Crippen molar-refractivity contribution >= 4 is 10.2 Å². The zero-order valence-electron chi connectivity index (χ0n) is 10.9. The number of rotatable bonds is 7. The second-order valence-electron chi connectivity index (χ2n) is 4.47. The Morgan fingerprint density at radius 2 is 2.06 bits per heavy atom. The minimum Gasteiger partial charge on any atom is -0.315 e. The molecule has 1 saturated heterocycles. The summed E-state index contributed by atoms with van der Waals surface area (Å²) in [5.41, 5.74) is 0. The lowest BCUT2D eigenvalue weighted by molar-refractivity contribution is 0.243. The number of nitrogens with one attached hydrogen (secondary N) is 2. The Hall–Kier alpha value is -0.170. The van der Waals surface area contributed by atoms with E-state index in [9.17, 15) is 8.42 Å². The van der Waals surface area contributed by atoms with E-state index in [-0.39, 0.29) is 6.04 Å². The fourth-order valence-electron chi connectivity index (χ4n) is 2.21. The first-order valence-electron chi connectivity index (χ1n) is 6.59. The van der Waals surface area contributed by atoms with Gasteiger partial charge in [0.05, 0.1) is 0 Å². The van der Waals surface area contributed by atoms with Crippen LogP contribution in [0.15, 0.2) is 0 Å². The molecule has 0 amide bonds. The van der Waals surface area contributed by atoms with Gasteiger partial charge < -0.3 is 5.32 Å². The summed E-state index contributed by atoms with van der Waals surface area (Å²) in [5.74, 6) is 0. The van der Waals surface area contributed by atoms with Crippen molar-refractivity contribution in [1.82, 2.24) is 14.3 Å². The molecule has 17 heavy (non-hydrogen) atoms. The van der Waals surface area contributed by atoms with Crippen LogP contribution in [-0.4, -0.2) is 44.9 Å². The van der Waals surface area contributed by atoms with Gasteiger partial charge in [-0.05, 0) is 25.8 Å². The summed E-state index contributed by atoms with van der Waals surface area (Å²) in [7, 11) is -3.28. The van der Waals surface area contributed by atoms with E-state index in [0.29, 0.717) is 13.1 Å². The minimum absolute atomic E-state index is 0.111. The van der Waals surface area contributed by atoms with Crippen molar-refractivity contribution in [3.05, 3.63) is 0 Å². The SMILES string of the molecule is CCCNCC1CCCCN1S(=O)(=O)NCC. The smallest absolute Gasteiger partial charge is 0.279 e. The number of hydrogen-bond acceptors (Lipinski definition) is 3. The normalized spacial score (nSPS) is 22.8. The Morgan fingerprint density at radius 3 is 2.71 bits per heavy atom. The predicted molar refractivity (Wildman–Crippen MR) is 70.1 cm³/mol. The highest BCUT2D eigenvalue weighted by molar-refractivity contribution is 7.87. The highest BCUT2D eigenvalue weighted by atomic mass is 32.2. The topological polar surface area (TPSA) is 61.4 Å². The van der Waals surface area contributed by atoms with Gasteiger partial charge in [-0.1, -0.05) is 20.3 Å². The zero-order chi connectivity index (χ0) is 12.7. The quantitative estimate of drug-likeness (QED) is 0.665. The molecule has 0 aromatic heterocycles. The highest BCUT2D eigenvalue weighted by Crippen LogP contribution is 2.19. The standard InChI is InChI=1S/C11H25N3O2S/c1-3-8-12-10-11-7-5-6-9-14(11)17(15,16)13-4-2/h11-13H,3-10H2,1-2H3. The van der Waals surface area contributed by atoms with Gasteiger partial charge in [0.1, 0.15) is 0 Å². The van der Waals surface area contributed by atoms with Gasteiger partial charge in [-0.15, -0.1) is 0 Å². The zero-order valence-corrected chi connectivity index (χ0v) is 11.7. The van der Waals surface area contributed by atoms with E-state index in [2.05, 4.69) is 17.0 Å².